The van der Waals surface area contributed by atoms with Crippen molar-refractivity contribution < 1.29 is 9.72 Å². The smallest absolute Gasteiger partial charge is 0.271 e. The summed E-state index contributed by atoms with van der Waals surface area (Å²) in [5.41, 5.74) is 9.06. The predicted molar refractivity (Wildman–Crippen MR) is 110 cm³/mol. The summed E-state index contributed by atoms with van der Waals surface area (Å²) in [7, 11) is 0. The highest BCUT2D eigenvalue weighted by molar-refractivity contribution is 7.08. The highest BCUT2D eigenvalue weighted by atomic mass is 35.5. The molecule has 0 saturated carbocycles. The Morgan fingerprint density at radius 2 is 2.14 bits per heavy atom. The summed E-state index contributed by atoms with van der Waals surface area (Å²) in [5.74, 6) is -0.347. The molecule has 29 heavy (non-hydrogen) atoms. The molecule has 9 heteroatoms. The van der Waals surface area contributed by atoms with Crippen molar-refractivity contribution in [1.29, 1.82) is 5.26 Å². The Morgan fingerprint density at radius 3 is 2.76 bits per heavy atom. The Balaban J connectivity index is 1.96. The molecule has 0 spiro atoms. The number of nitrogens with two attached hydrogens (primary N) is 1. The monoisotopic (exact) mass is 426 g/mol. The van der Waals surface area contributed by atoms with Crippen molar-refractivity contribution in [1.82, 2.24) is 0 Å². The second kappa shape index (κ2) is 7.35. The van der Waals surface area contributed by atoms with Crippen LogP contribution in [-0.4, -0.2) is 10.7 Å². The third-order valence-electron chi connectivity index (χ3n) is 5.17. The molecule has 1 aliphatic heterocycles. The minimum atomic E-state index is -0.535. The van der Waals surface area contributed by atoms with Gasteiger partial charge in [0.15, 0.2) is 5.78 Å². The van der Waals surface area contributed by atoms with Crippen LogP contribution in [0.3, 0.4) is 0 Å². The maximum Gasteiger partial charge on any atom is 0.271 e. The van der Waals surface area contributed by atoms with E-state index in [-0.39, 0.29) is 27.9 Å². The van der Waals surface area contributed by atoms with Gasteiger partial charge in [-0.15, -0.1) is 0 Å². The van der Waals surface area contributed by atoms with E-state index in [1.165, 1.54) is 29.5 Å². The zero-order chi connectivity index (χ0) is 20.7. The molecular weight excluding hydrogens is 412 g/mol. The van der Waals surface area contributed by atoms with Crippen LogP contribution in [0.25, 0.3) is 0 Å². The summed E-state index contributed by atoms with van der Waals surface area (Å²) in [5, 5.41) is 24.9. The molecule has 1 aromatic heterocycles. The molecule has 1 aromatic carbocycles. The van der Waals surface area contributed by atoms with Crippen LogP contribution >= 0.6 is 22.9 Å². The van der Waals surface area contributed by atoms with Gasteiger partial charge in [-0.25, -0.2) is 0 Å². The molecule has 2 heterocycles. The number of non-ortho nitro benzene ring substituents is 1. The van der Waals surface area contributed by atoms with Crippen LogP contribution < -0.4 is 10.6 Å². The van der Waals surface area contributed by atoms with Crippen molar-refractivity contribution in [3.63, 3.8) is 0 Å². The fourth-order valence-corrected chi connectivity index (χ4v) is 4.87. The van der Waals surface area contributed by atoms with E-state index in [0.717, 1.165) is 5.56 Å². The number of allylic oxidation sites excluding steroid dienone is 3. The van der Waals surface area contributed by atoms with Crippen molar-refractivity contribution in [3.05, 3.63) is 78.4 Å². The molecule has 2 N–H and O–H groups in total. The summed E-state index contributed by atoms with van der Waals surface area (Å²) in [6, 6.07) is 8.13. The minimum Gasteiger partial charge on any atom is -0.384 e. The second-order valence-corrected chi connectivity index (χ2v) is 7.95. The largest absolute Gasteiger partial charge is 0.384 e. The van der Waals surface area contributed by atoms with Crippen LogP contribution in [0.5, 0.6) is 0 Å². The fourth-order valence-electron chi connectivity index (χ4n) is 3.92. The Morgan fingerprint density at radius 1 is 1.34 bits per heavy atom. The zero-order valence-corrected chi connectivity index (χ0v) is 16.7. The second-order valence-electron chi connectivity index (χ2n) is 6.77. The molecule has 4 rings (SSSR count). The number of Topliss-reactive ketones (excluding diaryl/α,β-unsaturated/α-hetero) is 1. The zero-order valence-electron chi connectivity index (χ0n) is 15.1. The van der Waals surface area contributed by atoms with Crippen molar-refractivity contribution in [2.24, 2.45) is 5.73 Å². The fraction of sp³-hybridized carbons (Fsp3) is 0.200. The third kappa shape index (κ3) is 3.09. The number of anilines is 1. The van der Waals surface area contributed by atoms with Gasteiger partial charge in [0, 0.05) is 29.8 Å². The average Bonchev–Trinajstić information content (AvgIpc) is 3.22. The maximum absolute atomic E-state index is 12.9. The molecule has 146 valence electrons. The van der Waals surface area contributed by atoms with E-state index in [0.29, 0.717) is 36.2 Å². The molecule has 0 amide bonds. The van der Waals surface area contributed by atoms with E-state index in [1.54, 1.807) is 4.90 Å². The Kier molecular flexibility index (Phi) is 4.86. The van der Waals surface area contributed by atoms with E-state index >= 15 is 0 Å². The summed E-state index contributed by atoms with van der Waals surface area (Å²) in [6.07, 6.45) is 1.65. The number of ketones is 1. The number of nitro groups is 1. The Labute approximate surface area is 175 Å². The van der Waals surface area contributed by atoms with Gasteiger partial charge >= 0.3 is 0 Å². The Hall–Kier alpha value is -3.15. The highest BCUT2D eigenvalue weighted by Gasteiger charge is 2.40. The average molecular weight is 427 g/mol. The maximum atomic E-state index is 12.9. The number of nitro benzene ring substituents is 1. The first-order valence-electron chi connectivity index (χ1n) is 8.86. The molecule has 0 radical (unpaired) electrons. The predicted octanol–water partition coefficient (Wildman–Crippen LogP) is 4.61. The SMILES string of the molecule is N#CC1=C(N)N(c2ccc([N+](=O)[O-])cc2Cl)C2=C(C(=O)CCC2)C1c1ccsc1. The number of benzene rings is 1. The van der Waals surface area contributed by atoms with Gasteiger partial charge in [0.2, 0.25) is 0 Å². The molecule has 0 fully saturated rings. The topological polar surface area (TPSA) is 113 Å². The molecule has 0 bridgehead atoms. The molecule has 1 atom stereocenters. The van der Waals surface area contributed by atoms with Crippen LogP contribution in [-0.2, 0) is 4.79 Å². The van der Waals surface area contributed by atoms with Gasteiger partial charge in [-0.05, 0) is 41.3 Å². The quantitative estimate of drug-likeness (QED) is 0.566. The molecule has 1 aliphatic carbocycles. The summed E-state index contributed by atoms with van der Waals surface area (Å²) >= 11 is 7.84. The van der Waals surface area contributed by atoms with Crippen molar-refractivity contribution in [3.8, 4) is 6.07 Å². The minimum absolute atomic E-state index is 0.0225. The number of halogens is 1. The van der Waals surface area contributed by atoms with Crippen LogP contribution in [0, 0.1) is 21.4 Å². The number of rotatable bonds is 3. The molecule has 7 nitrogen and oxygen atoms in total. The number of nitrogens with zero attached hydrogens (tertiary/aromatic N) is 3. The molecule has 1 unspecified atom stereocenters. The van der Waals surface area contributed by atoms with Gasteiger partial charge < -0.3 is 5.73 Å². The number of nitriles is 1. The highest BCUT2D eigenvalue weighted by Crippen LogP contribution is 2.47. The van der Waals surface area contributed by atoms with E-state index in [4.69, 9.17) is 17.3 Å². The van der Waals surface area contributed by atoms with Gasteiger partial charge in [0.1, 0.15) is 5.82 Å². The molecule has 2 aromatic rings. The number of hydrogen-bond acceptors (Lipinski definition) is 7. The summed E-state index contributed by atoms with van der Waals surface area (Å²) in [4.78, 5) is 25.1. The van der Waals surface area contributed by atoms with E-state index in [9.17, 15) is 20.2 Å². The first-order chi connectivity index (χ1) is 13.9. The first kappa shape index (κ1) is 19.2. The van der Waals surface area contributed by atoms with E-state index in [1.807, 2.05) is 16.8 Å². The lowest BCUT2D eigenvalue weighted by molar-refractivity contribution is -0.384. The molecule has 0 saturated heterocycles. The number of carbonyl (C=O) groups excluding carboxylic acids is 1. The van der Waals surface area contributed by atoms with Gasteiger partial charge in [0.25, 0.3) is 5.69 Å². The lowest BCUT2D eigenvalue weighted by atomic mass is 9.76. The summed E-state index contributed by atoms with van der Waals surface area (Å²) in [6.45, 7) is 0. The van der Waals surface area contributed by atoms with Crippen molar-refractivity contribution in [2.45, 2.75) is 25.2 Å². The number of carbonyl (C=O) groups is 1. The number of thiophene rings is 1. The Bertz CT molecular complexity index is 1130. The van der Waals surface area contributed by atoms with Crippen LogP contribution in [0.4, 0.5) is 11.4 Å². The van der Waals surface area contributed by atoms with E-state index in [2.05, 4.69) is 6.07 Å². The lowest BCUT2D eigenvalue weighted by Crippen LogP contribution is -2.38. The van der Waals surface area contributed by atoms with E-state index < -0.39 is 10.8 Å². The normalized spacial score (nSPS) is 19.2. The van der Waals surface area contributed by atoms with Crippen LogP contribution in [0.2, 0.25) is 5.02 Å². The van der Waals surface area contributed by atoms with Crippen molar-refractivity contribution in [2.75, 3.05) is 4.90 Å². The van der Waals surface area contributed by atoms with Gasteiger partial charge in [-0.3, -0.25) is 19.8 Å². The molecular formula is C20H15ClN4O3S. The third-order valence-corrected chi connectivity index (χ3v) is 6.18. The van der Waals surface area contributed by atoms with Gasteiger partial charge in [0.05, 0.1) is 33.2 Å². The standard InChI is InChI=1S/C20H15ClN4O3S/c21-14-8-12(25(27)28)4-5-15(14)24-16-2-1-3-17(26)19(16)18(11-6-7-29-10-11)13(9-22)20(24)23/h4-8,10,18H,1-3,23H2. The lowest BCUT2D eigenvalue weighted by Gasteiger charge is -2.39. The van der Waals surface area contributed by atoms with Crippen molar-refractivity contribution >= 4 is 40.1 Å². The van der Waals surface area contributed by atoms with Gasteiger partial charge in [-0.2, -0.15) is 16.6 Å². The first-order valence-corrected chi connectivity index (χ1v) is 10.2. The van der Waals surface area contributed by atoms with Crippen LogP contribution in [0.1, 0.15) is 30.7 Å². The molecule has 2 aliphatic rings. The number of hydrogen-bond donors (Lipinski definition) is 1. The van der Waals surface area contributed by atoms with Gasteiger partial charge in [-0.1, -0.05) is 11.6 Å². The summed E-state index contributed by atoms with van der Waals surface area (Å²) < 4.78 is 0. The van der Waals surface area contributed by atoms with Crippen LogP contribution in [0.15, 0.2) is 57.7 Å².